The van der Waals surface area contributed by atoms with E-state index in [4.69, 9.17) is 16.3 Å². The third kappa shape index (κ3) is 1.79. The van der Waals surface area contributed by atoms with E-state index in [-0.39, 0.29) is 5.75 Å². The molecule has 0 atom stereocenters. The second kappa shape index (κ2) is 3.92. The molecule has 2 nitrogen and oxygen atoms in total. The summed E-state index contributed by atoms with van der Waals surface area (Å²) in [5.74, 6) is 0.923. The molecule has 0 saturated carbocycles. The fourth-order valence-electron chi connectivity index (χ4n) is 0.904. The summed E-state index contributed by atoms with van der Waals surface area (Å²) in [4.78, 5) is 0. The number of phenols is 1. The first kappa shape index (κ1) is 9.55. The molecule has 0 saturated heterocycles. The Bertz CT molecular complexity index is 263. The van der Waals surface area contributed by atoms with E-state index in [1.165, 1.54) is 7.11 Å². The molecule has 12 heavy (non-hydrogen) atoms. The molecule has 0 aliphatic rings. The van der Waals surface area contributed by atoms with Gasteiger partial charge in [-0.25, -0.2) is 0 Å². The molecule has 4 heteroatoms. The van der Waals surface area contributed by atoms with Crippen LogP contribution in [0.3, 0.4) is 0 Å². The van der Waals surface area contributed by atoms with E-state index in [0.717, 1.165) is 0 Å². The van der Waals surface area contributed by atoms with Crippen LogP contribution in [0.5, 0.6) is 11.5 Å². The molecule has 0 spiro atoms. The van der Waals surface area contributed by atoms with Gasteiger partial charge in [-0.2, -0.15) is 12.6 Å². The van der Waals surface area contributed by atoms with Crippen LogP contribution in [0.25, 0.3) is 0 Å². The molecule has 1 aromatic rings. The lowest BCUT2D eigenvalue weighted by molar-refractivity contribution is 0.371. The zero-order valence-electron chi connectivity index (χ0n) is 6.54. The molecule has 1 rings (SSSR count). The molecule has 0 bridgehead atoms. The Morgan fingerprint density at radius 2 is 2.25 bits per heavy atom. The van der Waals surface area contributed by atoms with Crippen LogP contribution in [0.15, 0.2) is 12.1 Å². The van der Waals surface area contributed by atoms with Crippen LogP contribution in [0.1, 0.15) is 5.56 Å². The number of ether oxygens (including phenoxy) is 1. The second-order valence-electron chi connectivity index (χ2n) is 2.27. The first-order valence-electron chi connectivity index (χ1n) is 3.35. The quantitative estimate of drug-likeness (QED) is 0.725. The van der Waals surface area contributed by atoms with Crippen LogP contribution in [-0.2, 0) is 5.75 Å². The van der Waals surface area contributed by atoms with Gasteiger partial charge in [0, 0.05) is 22.4 Å². The number of phenolic OH excluding ortho intramolecular Hbond substituents is 1. The van der Waals surface area contributed by atoms with E-state index in [0.29, 0.717) is 22.1 Å². The predicted octanol–water partition coefficient (Wildman–Crippen LogP) is 2.48. The maximum atomic E-state index is 9.48. The van der Waals surface area contributed by atoms with Crippen molar-refractivity contribution in [3.8, 4) is 11.5 Å². The van der Waals surface area contributed by atoms with Crippen molar-refractivity contribution in [2.24, 2.45) is 0 Å². The zero-order valence-corrected chi connectivity index (χ0v) is 8.19. The van der Waals surface area contributed by atoms with Gasteiger partial charge < -0.3 is 9.84 Å². The Morgan fingerprint density at radius 3 is 2.75 bits per heavy atom. The lowest BCUT2D eigenvalue weighted by atomic mass is 10.2. The monoisotopic (exact) mass is 204 g/mol. The van der Waals surface area contributed by atoms with Gasteiger partial charge in [-0.05, 0) is 6.07 Å². The smallest absolute Gasteiger partial charge is 0.162 e. The van der Waals surface area contributed by atoms with E-state index >= 15 is 0 Å². The van der Waals surface area contributed by atoms with Crippen molar-refractivity contribution in [3.05, 3.63) is 22.7 Å². The molecule has 66 valence electrons. The summed E-state index contributed by atoms with van der Waals surface area (Å²) in [5.41, 5.74) is 0.669. The molecular weight excluding hydrogens is 196 g/mol. The van der Waals surface area contributed by atoms with E-state index in [9.17, 15) is 5.11 Å². The van der Waals surface area contributed by atoms with E-state index in [1.807, 2.05) is 0 Å². The van der Waals surface area contributed by atoms with Crippen LogP contribution >= 0.6 is 24.2 Å². The summed E-state index contributed by atoms with van der Waals surface area (Å²) >= 11 is 9.79. The van der Waals surface area contributed by atoms with Crippen molar-refractivity contribution in [1.82, 2.24) is 0 Å². The Kier molecular flexibility index (Phi) is 3.12. The van der Waals surface area contributed by atoms with Crippen LogP contribution in [0, 0.1) is 0 Å². The SMILES string of the molecule is COc1cc(Cl)cc(CS)c1O. The van der Waals surface area contributed by atoms with Crippen molar-refractivity contribution in [2.75, 3.05) is 7.11 Å². The maximum absolute atomic E-state index is 9.48. The van der Waals surface area contributed by atoms with Crippen LogP contribution < -0.4 is 4.74 Å². The molecule has 0 radical (unpaired) electrons. The van der Waals surface area contributed by atoms with Gasteiger partial charge in [0.15, 0.2) is 11.5 Å². The highest BCUT2D eigenvalue weighted by molar-refractivity contribution is 7.79. The fourth-order valence-corrected chi connectivity index (χ4v) is 1.38. The minimum absolute atomic E-state index is 0.108. The first-order chi connectivity index (χ1) is 5.69. The van der Waals surface area contributed by atoms with Gasteiger partial charge in [-0.3, -0.25) is 0 Å². The van der Waals surface area contributed by atoms with E-state index in [2.05, 4.69) is 12.6 Å². The molecule has 0 aliphatic carbocycles. The van der Waals surface area contributed by atoms with E-state index in [1.54, 1.807) is 12.1 Å². The normalized spacial score (nSPS) is 9.92. The molecule has 1 aromatic carbocycles. The molecule has 0 unspecified atom stereocenters. The lowest BCUT2D eigenvalue weighted by Gasteiger charge is -2.07. The summed E-state index contributed by atoms with van der Waals surface area (Å²) in [5, 5.41) is 10.0. The molecule has 0 fully saturated rings. The summed E-state index contributed by atoms with van der Waals surface area (Å²) < 4.78 is 4.90. The average molecular weight is 205 g/mol. The number of hydrogen-bond donors (Lipinski definition) is 2. The highest BCUT2D eigenvalue weighted by atomic mass is 35.5. The Balaban J connectivity index is 3.22. The average Bonchev–Trinajstić information content (AvgIpc) is 2.08. The van der Waals surface area contributed by atoms with Gasteiger partial charge >= 0.3 is 0 Å². The molecule has 0 aromatic heterocycles. The topological polar surface area (TPSA) is 29.5 Å². The third-order valence-corrected chi connectivity index (χ3v) is 2.07. The highest BCUT2D eigenvalue weighted by Crippen LogP contribution is 2.33. The van der Waals surface area contributed by atoms with E-state index < -0.39 is 0 Å². The molecule has 0 heterocycles. The number of methoxy groups -OCH3 is 1. The summed E-state index contributed by atoms with van der Waals surface area (Å²) in [7, 11) is 1.48. The minimum Gasteiger partial charge on any atom is -0.504 e. The largest absolute Gasteiger partial charge is 0.504 e. The Morgan fingerprint density at radius 1 is 1.58 bits per heavy atom. The highest BCUT2D eigenvalue weighted by Gasteiger charge is 2.07. The number of aromatic hydroxyl groups is 1. The molecule has 0 aliphatic heterocycles. The van der Waals surface area contributed by atoms with Crippen LogP contribution in [0.2, 0.25) is 5.02 Å². The van der Waals surface area contributed by atoms with Gasteiger partial charge in [0.25, 0.3) is 0 Å². The van der Waals surface area contributed by atoms with Crippen molar-refractivity contribution >= 4 is 24.2 Å². The number of rotatable bonds is 2. The number of halogens is 1. The van der Waals surface area contributed by atoms with Crippen molar-refractivity contribution in [1.29, 1.82) is 0 Å². The zero-order chi connectivity index (χ0) is 9.14. The summed E-state index contributed by atoms with van der Waals surface area (Å²) in [6.45, 7) is 0. The van der Waals surface area contributed by atoms with Crippen LogP contribution in [-0.4, -0.2) is 12.2 Å². The Hall–Kier alpha value is -0.540. The van der Waals surface area contributed by atoms with Gasteiger partial charge in [-0.1, -0.05) is 11.6 Å². The Labute approximate surface area is 81.5 Å². The number of benzene rings is 1. The second-order valence-corrected chi connectivity index (χ2v) is 3.03. The molecule has 1 N–H and O–H groups in total. The summed E-state index contributed by atoms with van der Waals surface area (Å²) in [6.07, 6.45) is 0. The fraction of sp³-hybridized carbons (Fsp3) is 0.250. The standard InChI is InChI=1S/C8H9ClO2S/c1-11-7-3-6(9)2-5(4-12)8(7)10/h2-3,10,12H,4H2,1H3. The first-order valence-corrected chi connectivity index (χ1v) is 4.36. The van der Waals surface area contributed by atoms with Gasteiger partial charge in [0.05, 0.1) is 7.11 Å². The van der Waals surface area contributed by atoms with Gasteiger partial charge in [0.2, 0.25) is 0 Å². The number of thiol groups is 1. The predicted molar refractivity (Wildman–Crippen MR) is 52.4 cm³/mol. The van der Waals surface area contributed by atoms with Gasteiger partial charge in [0.1, 0.15) is 0 Å². The number of hydrogen-bond acceptors (Lipinski definition) is 3. The molecule has 0 amide bonds. The van der Waals surface area contributed by atoms with Crippen LogP contribution in [0.4, 0.5) is 0 Å². The van der Waals surface area contributed by atoms with Crippen molar-refractivity contribution in [2.45, 2.75) is 5.75 Å². The van der Waals surface area contributed by atoms with Crippen molar-refractivity contribution < 1.29 is 9.84 Å². The minimum atomic E-state index is 0.108. The lowest BCUT2D eigenvalue weighted by Crippen LogP contribution is -1.87. The van der Waals surface area contributed by atoms with Gasteiger partial charge in [-0.15, -0.1) is 0 Å². The third-order valence-electron chi connectivity index (χ3n) is 1.51. The maximum Gasteiger partial charge on any atom is 0.162 e. The summed E-state index contributed by atoms with van der Waals surface area (Å²) in [6, 6.07) is 3.22. The van der Waals surface area contributed by atoms with Crippen molar-refractivity contribution in [3.63, 3.8) is 0 Å². The molecular formula is C8H9ClO2S.